The van der Waals surface area contributed by atoms with Crippen LogP contribution in [0.5, 0.6) is 5.75 Å². The number of hydrogen-bond acceptors (Lipinski definition) is 6. The van der Waals surface area contributed by atoms with Crippen LogP contribution in [0.4, 0.5) is 0 Å². The smallest absolute Gasteiger partial charge is 0.259 e. The lowest BCUT2D eigenvalue weighted by atomic mass is 10.2. The Morgan fingerprint density at radius 1 is 1.19 bits per heavy atom. The third-order valence-corrected chi connectivity index (χ3v) is 4.82. The van der Waals surface area contributed by atoms with Crippen molar-refractivity contribution in [2.45, 2.75) is 33.5 Å². The molecule has 1 atom stereocenters. The molecule has 0 aromatic heterocycles. The fourth-order valence-corrected chi connectivity index (χ4v) is 3.40. The number of benzene rings is 1. The van der Waals surface area contributed by atoms with Crippen molar-refractivity contribution in [1.29, 1.82) is 0 Å². The van der Waals surface area contributed by atoms with E-state index in [0.717, 1.165) is 5.56 Å². The lowest BCUT2D eigenvalue weighted by Gasteiger charge is -2.24. The Morgan fingerprint density at radius 2 is 1.69 bits per heavy atom. The summed E-state index contributed by atoms with van der Waals surface area (Å²) in [6.07, 6.45) is 0. The molecule has 1 amide bonds. The van der Waals surface area contributed by atoms with Crippen molar-refractivity contribution in [1.82, 2.24) is 10.4 Å². The van der Waals surface area contributed by atoms with E-state index < -0.39 is 18.8 Å². The van der Waals surface area contributed by atoms with E-state index in [4.69, 9.17) is 9.84 Å². The Labute approximate surface area is 157 Å². The minimum atomic E-state index is -2.58. The van der Waals surface area contributed by atoms with Crippen LogP contribution in [0.2, 0.25) is 0 Å². The molecular weight excluding hydrogens is 355 g/mol. The highest BCUT2D eigenvalue weighted by Gasteiger charge is 2.26. The third-order valence-electron chi connectivity index (χ3n) is 3.10. The van der Waals surface area contributed by atoms with E-state index in [9.17, 15) is 14.6 Å². The molecule has 1 unspecified atom stereocenters. The van der Waals surface area contributed by atoms with Gasteiger partial charge in [0.25, 0.3) is 5.91 Å². The molecule has 0 fully saturated rings. The maximum atomic E-state index is 12.5. The fraction of sp³-hybridized carbons (Fsp3) is 0.611. The number of aliphatic hydroxyl groups excluding tert-OH is 1. The molecule has 0 radical (unpaired) electrons. The van der Waals surface area contributed by atoms with Crippen molar-refractivity contribution in [3.63, 3.8) is 0 Å². The van der Waals surface area contributed by atoms with Gasteiger partial charge in [0.1, 0.15) is 12.9 Å². The van der Waals surface area contributed by atoms with Crippen LogP contribution >= 0.6 is 7.14 Å². The highest BCUT2D eigenvalue weighted by Crippen LogP contribution is 2.50. The summed E-state index contributed by atoms with van der Waals surface area (Å²) >= 11 is 0. The summed E-state index contributed by atoms with van der Waals surface area (Å²) in [4.78, 5) is 11.7. The average Bonchev–Trinajstić information content (AvgIpc) is 2.64. The number of aliphatic hydroxyl groups is 1. The first kappa shape index (κ1) is 26.8. The third kappa shape index (κ3) is 9.92. The zero-order chi connectivity index (χ0) is 20.8. The number of hydrogen-bond donors (Lipinski definition) is 3. The van der Waals surface area contributed by atoms with Crippen molar-refractivity contribution >= 4 is 13.0 Å². The number of nitrogens with zero attached hydrogens (tertiary/aromatic N) is 1. The number of nitrogens with one attached hydrogen (secondary N) is 1. The fourth-order valence-electron chi connectivity index (χ4n) is 1.98. The number of ether oxygens (including phenoxy) is 1. The molecule has 0 heterocycles. The standard InChI is InChI=1S/C14H23N2O5P.2C2H6/c1-21-12-6-4-11(5-7-12)14(22(2,3)20)15-10-13(18)16(19)8-9-17;2*1-2/h4-7,14-15,17,19H,8-10H2,1-3H3;2*1-2H3. The van der Waals surface area contributed by atoms with E-state index in [1.807, 2.05) is 27.7 Å². The molecule has 1 rings (SSSR count). The van der Waals surface area contributed by atoms with Gasteiger partial charge in [-0.3, -0.25) is 15.3 Å². The maximum absolute atomic E-state index is 12.5. The summed E-state index contributed by atoms with van der Waals surface area (Å²) in [5.74, 6) is -0.420. The van der Waals surface area contributed by atoms with E-state index >= 15 is 0 Å². The molecule has 1 aromatic rings. The molecular formula is C18H35N2O5P. The number of rotatable bonds is 8. The van der Waals surface area contributed by atoms with Crippen LogP contribution in [0.15, 0.2) is 24.3 Å². The Morgan fingerprint density at radius 3 is 2.08 bits per heavy atom. The second kappa shape index (κ2) is 14.7. The first-order chi connectivity index (χ1) is 12.3. The zero-order valence-electron chi connectivity index (χ0n) is 17.0. The van der Waals surface area contributed by atoms with Gasteiger partial charge in [0.2, 0.25) is 0 Å². The molecule has 0 spiro atoms. The number of carbonyl (C=O) groups excluding carboxylic acids is 1. The molecule has 0 aliphatic heterocycles. The average molecular weight is 390 g/mol. The molecule has 7 nitrogen and oxygen atoms in total. The van der Waals surface area contributed by atoms with E-state index in [-0.39, 0.29) is 19.7 Å². The summed E-state index contributed by atoms with van der Waals surface area (Å²) in [5.41, 5.74) is 0.772. The summed E-state index contributed by atoms with van der Waals surface area (Å²) in [6, 6.07) is 7.08. The van der Waals surface area contributed by atoms with Crippen LogP contribution in [0.3, 0.4) is 0 Å². The van der Waals surface area contributed by atoms with Gasteiger partial charge < -0.3 is 14.4 Å². The van der Waals surface area contributed by atoms with E-state index in [2.05, 4.69) is 5.32 Å². The van der Waals surface area contributed by atoms with Crippen LogP contribution in [-0.2, 0) is 9.36 Å². The second-order valence-electron chi connectivity index (χ2n) is 5.23. The van der Waals surface area contributed by atoms with Gasteiger partial charge in [-0.25, -0.2) is 5.06 Å². The van der Waals surface area contributed by atoms with Crippen molar-refractivity contribution in [3.8, 4) is 5.75 Å². The van der Waals surface area contributed by atoms with Crippen molar-refractivity contribution in [2.24, 2.45) is 0 Å². The SMILES string of the molecule is CC.CC.COc1ccc(C(NCC(=O)N(O)CCO)P(C)(C)=O)cc1. The molecule has 0 saturated carbocycles. The van der Waals surface area contributed by atoms with Gasteiger partial charge in [-0.15, -0.1) is 0 Å². The molecule has 0 aliphatic carbocycles. The van der Waals surface area contributed by atoms with Gasteiger partial charge >= 0.3 is 0 Å². The van der Waals surface area contributed by atoms with Gasteiger partial charge in [-0.2, -0.15) is 0 Å². The Bertz CT molecular complexity index is 531. The minimum Gasteiger partial charge on any atom is -0.497 e. The number of methoxy groups -OCH3 is 1. The highest BCUT2D eigenvalue weighted by molar-refractivity contribution is 7.62. The van der Waals surface area contributed by atoms with Gasteiger partial charge in [-0.1, -0.05) is 39.8 Å². The lowest BCUT2D eigenvalue weighted by molar-refractivity contribution is -0.165. The molecule has 3 N–H and O–H groups in total. The minimum absolute atomic E-state index is 0.163. The normalized spacial score (nSPS) is 11.3. The van der Waals surface area contributed by atoms with Crippen molar-refractivity contribution in [2.75, 3.05) is 40.1 Å². The zero-order valence-corrected chi connectivity index (χ0v) is 17.9. The van der Waals surface area contributed by atoms with Gasteiger partial charge in [-0.05, 0) is 31.0 Å². The predicted molar refractivity (Wildman–Crippen MR) is 106 cm³/mol. The molecule has 152 valence electrons. The Kier molecular flexibility index (Phi) is 15.2. The van der Waals surface area contributed by atoms with Gasteiger partial charge in [0, 0.05) is 0 Å². The molecule has 26 heavy (non-hydrogen) atoms. The van der Waals surface area contributed by atoms with Crippen LogP contribution in [0.25, 0.3) is 0 Å². The number of hydroxylamine groups is 2. The van der Waals surface area contributed by atoms with Crippen LogP contribution in [-0.4, -0.2) is 61.4 Å². The second-order valence-corrected chi connectivity index (χ2v) is 8.62. The maximum Gasteiger partial charge on any atom is 0.259 e. The molecule has 1 aromatic carbocycles. The van der Waals surface area contributed by atoms with Crippen LogP contribution < -0.4 is 10.1 Å². The Balaban J connectivity index is 0. The first-order valence-electron chi connectivity index (χ1n) is 8.81. The highest BCUT2D eigenvalue weighted by atomic mass is 31.2. The lowest BCUT2D eigenvalue weighted by Crippen LogP contribution is -2.38. The van der Waals surface area contributed by atoms with Gasteiger partial charge in [0.05, 0.1) is 32.6 Å². The molecule has 0 bridgehead atoms. The van der Waals surface area contributed by atoms with Crippen LogP contribution in [0.1, 0.15) is 39.0 Å². The van der Waals surface area contributed by atoms with Crippen molar-refractivity contribution in [3.05, 3.63) is 29.8 Å². The predicted octanol–water partition coefficient (Wildman–Crippen LogP) is 3.17. The largest absolute Gasteiger partial charge is 0.497 e. The topological polar surface area (TPSA) is 99.1 Å². The summed E-state index contributed by atoms with van der Waals surface area (Å²) < 4.78 is 17.5. The van der Waals surface area contributed by atoms with Gasteiger partial charge in [0.15, 0.2) is 0 Å². The van der Waals surface area contributed by atoms with E-state index in [0.29, 0.717) is 10.8 Å². The summed E-state index contributed by atoms with van der Waals surface area (Å²) in [7, 11) is -1.02. The molecule has 0 saturated heterocycles. The monoisotopic (exact) mass is 390 g/mol. The van der Waals surface area contributed by atoms with E-state index in [1.165, 1.54) is 0 Å². The number of amides is 1. The Hall–Kier alpha value is -1.40. The van der Waals surface area contributed by atoms with E-state index in [1.54, 1.807) is 44.7 Å². The quantitative estimate of drug-likeness (QED) is 0.358. The molecule has 0 aliphatic rings. The first-order valence-corrected chi connectivity index (χ1v) is 11.5. The van der Waals surface area contributed by atoms with Crippen molar-refractivity contribution < 1.29 is 24.4 Å². The van der Waals surface area contributed by atoms with Crippen LogP contribution in [0, 0.1) is 0 Å². The molecule has 8 heteroatoms. The summed E-state index contributed by atoms with van der Waals surface area (Å²) in [6.45, 7) is 10.6. The summed E-state index contributed by atoms with van der Waals surface area (Å²) in [5, 5.41) is 21.4. The number of carbonyl (C=O) groups is 1.